The number of rotatable bonds is 7. The first-order valence-corrected chi connectivity index (χ1v) is 7.15. The van der Waals surface area contributed by atoms with Gasteiger partial charge in [-0.2, -0.15) is 0 Å². The summed E-state index contributed by atoms with van der Waals surface area (Å²) in [7, 11) is 0. The van der Waals surface area contributed by atoms with Gasteiger partial charge in [0.2, 0.25) is 0 Å². The van der Waals surface area contributed by atoms with Crippen LogP contribution in [0.3, 0.4) is 0 Å². The Bertz CT molecular complexity index is 402. The first-order valence-electron chi connectivity index (χ1n) is 7.15. The Labute approximate surface area is 115 Å². The first kappa shape index (κ1) is 16.1. The Morgan fingerprint density at radius 2 is 1.84 bits per heavy atom. The average molecular weight is 269 g/mol. The van der Waals surface area contributed by atoms with Crippen molar-refractivity contribution < 1.29 is 8.78 Å². The zero-order valence-electron chi connectivity index (χ0n) is 12.4. The molecule has 0 saturated heterocycles. The van der Waals surface area contributed by atoms with Gasteiger partial charge in [-0.1, -0.05) is 26.8 Å². The van der Waals surface area contributed by atoms with E-state index < -0.39 is 11.6 Å². The van der Waals surface area contributed by atoms with Crippen LogP contribution in [0.1, 0.15) is 57.2 Å². The van der Waals surface area contributed by atoms with Crippen molar-refractivity contribution in [1.82, 2.24) is 5.32 Å². The van der Waals surface area contributed by atoms with E-state index in [1.54, 1.807) is 6.92 Å². The summed E-state index contributed by atoms with van der Waals surface area (Å²) >= 11 is 0. The minimum atomic E-state index is -0.444. The summed E-state index contributed by atoms with van der Waals surface area (Å²) < 4.78 is 28.1. The minimum Gasteiger partial charge on any atom is -0.310 e. The van der Waals surface area contributed by atoms with Gasteiger partial charge in [0.15, 0.2) is 0 Å². The van der Waals surface area contributed by atoms with Crippen LogP contribution >= 0.6 is 0 Å². The lowest BCUT2D eigenvalue weighted by atomic mass is 9.95. The Balaban J connectivity index is 2.98. The van der Waals surface area contributed by atoms with Gasteiger partial charge >= 0.3 is 0 Å². The summed E-state index contributed by atoms with van der Waals surface area (Å²) in [6.45, 7) is 8.75. The Kier molecular flexibility index (Phi) is 6.43. The molecule has 0 saturated carbocycles. The quantitative estimate of drug-likeness (QED) is 0.753. The molecular weight excluding hydrogens is 244 g/mol. The maximum absolute atomic E-state index is 14.2. The molecule has 0 fully saturated rings. The first-order chi connectivity index (χ1) is 8.97. The predicted octanol–water partition coefficient (Wildman–Crippen LogP) is 4.75. The van der Waals surface area contributed by atoms with Gasteiger partial charge in [0, 0.05) is 11.6 Å². The summed E-state index contributed by atoms with van der Waals surface area (Å²) in [5.41, 5.74) is 0.707. The highest BCUT2D eigenvalue weighted by Gasteiger charge is 2.21. The van der Waals surface area contributed by atoms with E-state index in [0.29, 0.717) is 11.5 Å². The number of halogens is 2. The van der Waals surface area contributed by atoms with Crippen LogP contribution in [0.4, 0.5) is 8.78 Å². The van der Waals surface area contributed by atoms with E-state index >= 15 is 0 Å². The smallest absolute Gasteiger partial charge is 0.133 e. The number of hydrogen-bond donors (Lipinski definition) is 1. The van der Waals surface area contributed by atoms with E-state index in [1.807, 2.05) is 0 Å². The van der Waals surface area contributed by atoms with Gasteiger partial charge in [0.1, 0.15) is 11.6 Å². The van der Waals surface area contributed by atoms with E-state index in [-0.39, 0.29) is 11.6 Å². The van der Waals surface area contributed by atoms with Gasteiger partial charge in [0.25, 0.3) is 0 Å². The molecular formula is C16H25F2N. The van der Waals surface area contributed by atoms with E-state index in [0.717, 1.165) is 25.8 Å². The van der Waals surface area contributed by atoms with Crippen LogP contribution in [-0.2, 0) is 0 Å². The third-order valence-electron chi connectivity index (χ3n) is 3.34. The lowest BCUT2D eigenvalue weighted by Crippen LogP contribution is -2.25. The number of benzene rings is 1. The monoisotopic (exact) mass is 269 g/mol. The van der Waals surface area contributed by atoms with Crippen LogP contribution in [0.2, 0.25) is 0 Å². The zero-order chi connectivity index (χ0) is 14.4. The summed E-state index contributed by atoms with van der Waals surface area (Å²) in [5.74, 6) is -0.320. The Morgan fingerprint density at radius 1 is 1.16 bits per heavy atom. The van der Waals surface area contributed by atoms with Gasteiger partial charge in [-0.25, -0.2) is 8.78 Å². The summed E-state index contributed by atoms with van der Waals surface area (Å²) in [4.78, 5) is 0. The molecule has 3 heteroatoms. The molecule has 19 heavy (non-hydrogen) atoms. The van der Waals surface area contributed by atoms with Crippen LogP contribution in [0, 0.1) is 24.5 Å². The van der Waals surface area contributed by atoms with E-state index in [1.165, 1.54) is 12.1 Å². The highest BCUT2D eigenvalue weighted by molar-refractivity contribution is 5.29. The molecule has 1 aromatic carbocycles. The van der Waals surface area contributed by atoms with E-state index in [9.17, 15) is 8.78 Å². The fourth-order valence-corrected chi connectivity index (χ4v) is 2.16. The van der Waals surface area contributed by atoms with E-state index in [4.69, 9.17) is 0 Å². The topological polar surface area (TPSA) is 12.0 Å². The maximum atomic E-state index is 14.2. The normalized spacial score (nSPS) is 13.0. The van der Waals surface area contributed by atoms with Crippen molar-refractivity contribution >= 4 is 0 Å². The van der Waals surface area contributed by atoms with Crippen molar-refractivity contribution in [3.05, 3.63) is 34.9 Å². The minimum absolute atomic E-state index is 0.203. The molecule has 0 aliphatic heterocycles. The second-order valence-electron chi connectivity index (χ2n) is 5.57. The molecule has 1 rings (SSSR count). The van der Waals surface area contributed by atoms with Crippen molar-refractivity contribution in [2.24, 2.45) is 5.92 Å². The van der Waals surface area contributed by atoms with Gasteiger partial charge in [-0.15, -0.1) is 0 Å². The molecule has 0 spiro atoms. The standard InChI is InChI=1S/C16H25F2N/c1-5-10-19-14(9-6-11(2)3)15-13(17)8-7-12(4)16(15)18/h7-8,11,14,19H,5-6,9-10H2,1-4H3. The van der Waals surface area contributed by atoms with Gasteiger partial charge in [-0.05, 0) is 50.3 Å². The van der Waals surface area contributed by atoms with E-state index in [2.05, 4.69) is 26.1 Å². The fourth-order valence-electron chi connectivity index (χ4n) is 2.16. The van der Waals surface area contributed by atoms with Crippen molar-refractivity contribution in [3.8, 4) is 0 Å². The third-order valence-corrected chi connectivity index (χ3v) is 3.34. The summed E-state index contributed by atoms with van der Waals surface area (Å²) in [6.07, 6.45) is 2.66. The summed E-state index contributed by atoms with van der Waals surface area (Å²) in [6, 6.07) is 2.62. The van der Waals surface area contributed by atoms with Crippen LogP contribution < -0.4 is 5.32 Å². The highest BCUT2D eigenvalue weighted by Crippen LogP contribution is 2.27. The Morgan fingerprint density at radius 3 is 2.42 bits per heavy atom. The molecule has 0 aliphatic carbocycles. The predicted molar refractivity (Wildman–Crippen MR) is 76.2 cm³/mol. The SMILES string of the molecule is CCCNC(CCC(C)C)c1c(F)ccc(C)c1F. The Hall–Kier alpha value is -0.960. The lowest BCUT2D eigenvalue weighted by molar-refractivity contribution is 0.409. The molecule has 0 bridgehead atoms. The van der Waals surface area contributed by atoms with Crippen molar-refractivity contribution in [1.29, 1.82) is 0 Å². The van der Waals surface area contributed by atoms with Crippen molar-refractivity contribution in [2.45, 2.75) is 53.0 Å². The molecule has 0 aliphatic rings. The lowest BCUT2D eigenvalue weighted by Gasteiger charge is -2.22. The molecule has 0 heterocycles. The van der Waals surface area contributed by atoms with Crippen LogP contribution in [0.5, 0.6) is 0 Å². The van der Waals surface area contributed by atoms with Crippen molar-refractivity contribution in [2.75, 3.05) is 6.54 Å². The molecule has 0 aromatic heterocycles. The molecule has 0 radical (unpaired) electrons. The molecule has 1 aromatic rings. The second-order valence-corrected chi connectivity index (χ2v) is 5.57. The number of nitrogens with one attached hydrogen (secondary N) is 1. The van der Waals surface area contributed by atoms with Gasteiger partial charge < -0.3 is 5.32 Å². The van der Waals surface area contributed by atoms with Crippen LogP contribution in [-0.4, -0.2) is 6.54 Å². The average Bonchev–Trinajstić information content (AvgIpc) is 2.36. The zero-order valence-corrected chi connectivity index (χ0v) is 12.4. The molecule has 108 valence electrons. The number of aryl methyl sites for hydroxylation is 1. The van der Waals surface area contributed by atoms with Gasteiger partial charge in [-0.3, -0.25) is 0 Å². The molecule has 1 N–H and O–H groups in total. The van der Waals surface area contributed by atoms with Crippen LogP contribution in [0.15, 0.2) is 12.1 Å². The van der Waals surface area contributed by atoms with Crippen LogP contribution in [0.25, 0.3) is 0 Å². The highest BCUT2D eigenvalue weighted by atomic mass is 19.1. The molecule has 1 atom stereocenters. The molecule has 1 nitrogen and oxygen atoms in total. The largest absolute Gasteiger partial charge is 0.310 e. The fraction of sp³-hybridized carbons (Fsp3) is 0.625. The summed E-state index contributed by atoms with van der Waals surface area (Å²) in [5, 5.41) is 3.27. The molecule has 0 amide bonds. The number of hydrogen-bond acceptors (Lipinski definition) is 1. The van der Waals surface area contributed by atoms with Gasteiger partial charge in [0.05, 0.1) is 0 Å². The second kappa shape index (κ2) is 7.59. The molecule has 1 unspecified atom stereocenters. The van der Waals surface area contributed by atoms with Crippen molar-refractivity contribution in [3.63, 3.8) is 0 Å². The maximum Gasteiger partial charge on any atom is 0.133 e. The third kappa shape index (κ3) is 4.57.